The molecular formula is C19H19F3N4O4S. The Hall–Kier alpha value is -3.04. The third kappa shape index (κ3) is 7.01. The highest BCUT2D eigenvalue weighted by Gasteiger charge is 2.30. The standard InChI is InChI=1S/C19H19F3N4O4S/c1-3-28-8-9-29-18(27)14(10-23)17(31-2)24-11-15-25-16(26-30-15)12-4-6-13(7-5-12)19(20,21)22/h4-7,24H,3,8-9,11H2,1-2H3/b17-14+. The van der Waals surface area contributed by atoms with Crippen molar-refractivity contribution >= 4 is 17.7 Å². The highest BCUT2D eigenvalue weighted by Crippen LogP contribution is 2.30. The van der Waals surface area contributed by atoms with Crippen LogP contribution in [0.4, 0.5) is 13.2 Å². The highest BCUT2D eigenvalue weighted by molar-refractivity contribution is 8.02. The molecule has 0 radical (unpaired) electrons. The number of thioether (sulfide) groups is 1. The number of esters is 1. The van der Waals surface area contributed by atoms with Crippen LogP contribution in [0.25, 0.3) is 11.4 Å². The SMILES string of the molecule is CCOCCOC(=O)/C(C#N)=C(\NCc1nc(-c2ccc(C(F)(F)F)cc2)no1)SC. The average molecular weight is 456 g/mol. The molecule has 0 fully saturated rings. The molecule has 0 saturated heterocycles. The van der Waals surface area contributed by atoms with Crippen molar-refractivity contribution in [3.8, 4) is 17.5 Å². The smallest absolute Gasteiger partial charge is 0.416 e. The number of aromatic nitrogens is 2. The highest BCUT2D eigenvalue weighted by atomic mass is 32.2. The number of ether oxygens (including phenoxy) is 2. The van der Waals surface area contributed by atoms with Gasteiger partial charge in [-0.3, -0.25) is 0 Å². The van der Waals surface area contributed by atoms with Crippen LogP contribution in [-0.4, -0.2) is 42.2 Å². The number of rotatable bonds is 10. The second-order valence-corrected chi connectivity index (χ2v) is 6.61. The summed E-state index contributed by atoms with van der Waals surface area (Å²) in [5.74, 6) is -0.575. The molecule has 0 aliphatic carbocycles. The van der Waals surface area contributed by atoms with Crippen molar-refractivity contribution in [2.24, 2.45) is 0 Å². The Bertz CT molecular complexity index is 952. The molecule has 0 saturated carbocycles. The summed E-state index contributed by atoms with van der Waals surface area (Å²) in [7, 11) is 0. The lowest BCUT2D eigenvalue weighted by Gasteiger charge is -2.09. The van der Waals surface area contributed by atoms with E-state index in [1.165, 1.54) is 12.1 Å². The molecule has 1 heterocycles. The Kier molecular flexibility index (Phi) is 8.89. The zero-order valence-electron chi connectivity index (χ0n) is 16.7. The van der Waals surface area contributed by atoms with Gasteiger partial charge in [0.2, 0.25) is 11.7 Å². The molecular weight excluding hydrogens is 437 g/mol. The first kappa shape index (κ1) is 24.2. The third-order valence-electron chi connectivity index (χ3n) is 3.75. The molecule has 2 rings (SSSR count). The van der Waals surface area contributed by atoms with Gasteiger partial charge in [-0.25, -0.2) is 4.79 Å². The maximum Gasteiger partial charge on any atom is 0.416 e. The Morgan fingerprint density at radius 2 is 2.00 bits per heavy atom. The lowest BCUT2D eigenvalue weighted by molar-refractivity contribution is -0.140. The summed E-state index contributed by atoms with van der Waals surface area (Å²) in [6.45, 7) is 2.51. The summed E-state index contributed by atoms with van der Waals surface area (Å²) in [5, 5.41) is 16.1. The lowest BCUT2D eigenvalue weighted by atomic mass is 10.1. The summed E-state index contributed by atoms with van der Waals surface area (Å²) < 4.78 is 53.1. The maximum absolute atomic E-state index is 12.7. The molecule has 31 heavy (non-hydrogen) atoms. The predicted molar refractivity (Wildman–Crippen MR) is 105 cm³/mol. The molecule has 1 aromatic heterocycles. The van der Waals surface area contributed by atoms with Crippen molar-refractivity contribution in [1.29, 1.82) is 5.26 Å². The van der Waals surface area contributed by atoms with E-state index in [4.69, 9.17) is 14.0 Å². The molecule has 0 aliphatic rings. The minimum atomic E-state index is -4.44. The van der Waals surface area contributed by atoms with E-state index in [1.807, 2.05) is 0 Å². The minimum absolute atomic E-state index is 0.0127. The van der Waals surface area contributed by atoms with E-state index in [2.05, 4.69) is 15.5 Å². The van der Waals surface area contributed by atoms with Gasteiger partial charge in [0.05, 0.1) is 23.7 Å². The van der Waals surface area contributed by atoms with Crippen molar-refractivity contribution in [1.82, 2.24) is 15.5 Å². The van der Waals surface area contributed by atoms with Gasteiger partial charge in [0.1, 0.15) is 12.7 Å². The van der Waals surface area contributed by atoms with Crippen molar-refractivity contribution in [3.05, 3.63) is 46.3 Å². The fraction of sp³-hybridized carbons (Fsp3) is 0.368. The number of hydrogen-bond donors (Lipinski definition) is 1. The number of nitrogens with zero attached hydrogens (tertiary/aromatic N) is 3. The molecule has 0 bridgehead atoms. The van der Waals surface area contributed by atoms with E-state index >= 15 is 0 Å². The van der Waals surface area contributed by atoms with Crippen LogP contribution in [0.1, 0.15) is 18.4 Å². The molecule has 166 valence electrons. The molecule has 2 aromatic rings. The van der Waals surface area contributed by atoms with E-state index in [0.29, 0.717) is 12.2 Å². The summed E-state index contributed by atoms with van der Waals surface area (Å²) in [5.41, 5.74) is -0.653. The number of carbonyl (C=O) groups is 1. The molecule has 0 unspecified atom stereocenters. The third-order valence-corrected chi connectivity index (χ3v) is 4.51. The Morgan fingerprint density at radius 3 is 2.58 bits per heavy atom. The van der Waals surface area contributed by atoms with Crippen LogP contribution in [0.2, 0.25) is 0 Å². The Balaban J connectivity index is 2.04. The lowest BCUT2D eigenvalue weighted by Crippen LogP contribution is -2.19. The van der Waals surface area contributed by atoms with Gasteiger partial charge in [0.25, 0.3) is 0 Å². The molecule has 0 atom stereocenters. The first-order valence-electron chi connectivity index (χ1n) is 8.97. The summed E-state index contributed by atoms with van der Waals surface area (Å²) >= 11 is 1.12. The van der Waals surface area contributed by atoms with Gasteiger partial charge in [-0.1, -0.05) is 17.3 Å². The second-order valence-electron chi connectivity index (χ2n) is 5.79. The molecule has 0 amide bonds. The Labute approximate surface area is 180 Å². The molecule has 8 nitrogen and oxygen atoms in total. The summed E-state index contributed by atoms with van der Waals surface area (Å²) in [6, 6.07) is 6.13. The van der Waals surface area contributed by atoms with Crippen molar-refractivity contribution in [3.63, 3.8) is 0 Å². The number of nitrogens with one attached hydrogen (secondary N) is 1. The van der Waals surface area contributed by atoms with E-state index < -0.39 is 17.7 Å². The largest absolute Gasteiger partial charge is 0.459 e. The second kappa shape index (κ2) is 11.4. The number of nitriles is 1. The molecule has 1 aromatic carbocycles. The first-order valence-corrected chi connectivity index (χ1v) is 10.2. The fourth-order valence-electron chi connectivity index (χ4n) is 2.27. The van der Waals surface area contributed by atoms with Gasteiger partial charge in [0, 0.05) is 12.2 Å². The number of benzene rings is 1. The number of hydrogen-bond acceptors (Lipinski definition) is 9. The normalized spacial score (nSPS) is 12.1. The number of alkyl halides is 3. The van der Waals surface area contributed by atoms with Crippen LogP contribution >= 0.6 is 11.8 Å². The first-order chi connectivity index (χ1) is 14.8. The average Bonchev–Trinajstić information content (AvgIpc) is 3.22. The van der Waals surface area contributed by atoms with Crippen molar-refractivity contribution in [2.75, 3.05) is 26.1 Å². The quantitative estimate of drug-likeness (QED) is 0.248. The van der Waals surface area contributed by atoms with Gasteiger partial charge in [-0.2, -0.15) is 23.4 Å². The van der Waals surface area contributed by atoms with Crippen LogP contribution in [-0.2, 0) is 27.0 Å². The maximum atomic E-state index is 12.7. The van der Waals surface area contributed by atoms with Gasteiger partial charge in [-0.05, 0) is 25.3 Å². The van der Waals surface area contributed by atoms with Crippen LogP contribution in [0, 0.1) is 11.3 Å². The monoisotopic (exact) mass is 456 g/mol. The Morgan fingerprint density at radius 1 is 1.29 bits per heavy atom. The fourth-order valence-corrected chi connectivity index (χ4v) is 2.82. The topological polar surface area (TPSA) is 110 Å². The number of carbonyl (C=O) groups excluding carboxylic acids is 1. The zero-order chi connectivity index (χ0) is 22.9. The summed E-state index contributed by atoms with van der Waals surface area (Å²) in [4.78, 5) is 16.2. The van der Waals surface area contributed by atoms with Crippen LogP contribution < -0.4 is 5.32 Å². The van der Waals surface area contributed by atoms with Gasteiger partial charge >= 0.3 is 12.1 Å². The van der Waals surface area contributed by atoms with Crippen molar-refractivity contribution in [2.45, 2.75) is 19.6 Å². The van der Waals surface area contributed by atoms with Gasteiger partial charge in [0.15, 0.2) is 5.57 Å². The molecule has 0 spiro atoms. The van der Waals surface area contributed by atoms with Crippen LogP contribution in [0.15, 0.2) is 39.4 Å². The van der Waals surface area contributed by atoms with Crippen LogP contribution in [0.5, 0.6) is 0 Å². The van der Waals surface area contributed by atoms with Gasteiger partial charge in [-0.15, -0.1) is 11.8 Å². The van der Waals surface area contributed by atoms with E-state index in [1.54, 1.807) is 19.2 Å². The van der Waals surface area contributed by atoms with Crippen LogP contribution in [0.3, 0.4) is 0 Å². The molecule has 12 heteroatoms. The molecule has 0 aliphatic heterocycles. The predicted octanol–water partition coefficient (Wildman–Crippen LogP) is 3.52. The van der Waals surface area contributed by atoms with E-state index in [-0.39, 0.29) is 42.1 Å². The molecule has 1 N–H and O–H groups in total. The van der Waals surface area contributed by atoms with E-state index in [9.17, 15) is 23.2 Å². The van der Waals surface area contributed by atoms with Crippen molar-refractivity contribution < 1.29 is 32.0 Å². The van der Waals surface area contributed by atoms with Gasteiger partial charge < -0.3 is 19.3 Å². The number of halogens is 3. The summed E-state index contributed by atoms with van der Waals surface area (Å²) in [6.07, 6.45) is -2.78. The zero-order valence-corrected chi connectivity index (χ0v) is 17.5. The van der Waals surface area contributed by atoms with E-state index in [0.717, 1.165) is 23.9 Å². The minimum Gasteiger partial charge on any atom is -0.459 e.